The molecule has 0 bridgehead atoms. The molecule has 98 valence electrons. The standard InChI is InChI=1S/C13H18ClN3O/c1-9-3-4-10(14)7-11(9)17-6-5-16-13(18)12(17)8-15-2/h3-4,7,12,15H,5-6,8H2,1-2H3,(H,16,18). The predicted molar refractivity (Wildman–Crippen MR) is 74.3 cm³/mol. The Balaban J connectivity index is 2.33. The lowest BCUT2D eigenvalue weighted by Crippen LogP contribution is -2.58. The molecule has 1 heterocycles. The number of anilines is 1. The Morgan fingerprint density at radius 3 is 3.06 bits per heavy atom. The van der Waals surface area contributed by atoms with Gasteiger partial charge in [-0.25, -0.2) is 0 Å². The fraction of sp³-hybridized carbons (Fsp3) is 0.462. The second-order valence-electron chi connectivity index (χ2n) is 4.49. The Morgan fingerprint density at radius 2 is 2.33 bits per heavy atom. The maximum absolute atomic E-state index is 11.9. The fourth-order valence-corrected chi connectivity index (χ4v) is 2.46. The van der Waals surface area contributed by atoms with E-state index in [4.69, 9.17) is 11.6 Å². The Morgan fingerprint density at radius 1 is 1.56 bits per heavy atom. The number of aryl methyl sites for hydroxylation is 1. The van der Waals surface area contributed by atoms with Gasteiger partial charge in [0.05, 0.1) is 0 Å². The van der Waals surface area contributed by atoms with Crippen LogP contribution in [-0.4, -0.2) is 38.6 Å². The van der Waals surface area contributed by atoms with E-state index in [1.165, 1.54) is 0 Å². The van der Waals surface area contributed by atoms with Crippen LogP contribution in [0.15, 0.2) is 18.2 Å². The number of piperazine rings is 1. The van der Waals surface area contributed by atoms with E-state index in [1.54, 1.807) is 0 Å². The monoisotopic (exact) mass is 267 g/mol. The zero-order chi connectivity index (χ0) is 13.1. The molecule has 1 aliphatic heterocycles. The molecule has 1 unspecified atom stereocenters. The summed E-state index contributed by atoms with van der Waals surface area (Å²) in [7, 11) is 1.85. The topological polar surface area (TPSA) is 44.4 Å². The highest BCUT2D eigenvalue weighted by Crippen LogP contribution is 2.26. The summed E-state index contributed by atoms with van der Waals surface area (Å²) in [6, 6.07) is 5.61. The number of hydrogen-bond acceptors (Lipinski definition) is 3. The molecular formula is C13H18ClN3O. The quantitative estimate of drug-likeness (QED) is 0.864. The van der Waals surface area contributed by atoms with Gasteiger partial charge in [-0.15, -0.1) is 0 Å². The number of likely N-dealkylation sites (N-methyl/N-ethyl adjacent to an activating group) is 1. The van der Waals surface area contributed by atoms with Crippen LogP contribution >= 0.6 is 11.6 Å². The molecule has 1 aliphatic rings. The lowest BCUT2D eigenvalue weighted by Gasteiger charge is -2.37. The van der Waals surface area contributed by atoms with Gasteiger partial charge < -0.3 is 15.5 Å². The van der Waals surface area contributed by atoms with Crippen molar-refractivity contribution >= 4 is 23.2 Å². The summed E-state index contributed by atoms with van der Waals surface area (Å²) in [6.07, 6.45) is 0. The third-order valence-electron chi connectivity index (χ3n) is 3.21. The van der Waals surface area contributed by atoms with Crippen molar-refractivity contribution < 1.29 is 4.79 Å². The molecule has 2 rings (SSSR count). The number of nitrogens with zero attached hydrogens (tertiary/aromatic N) is 1. The van der Waals surface area contributed by atoms with Crippen molar-refractivity contribution in [3.8, 4) is 0 Å². The van der Waals surface area contributed by atoms with Crippen LogP contribution in [0.4, 0.5) is 5.69 Å². The summed E-state index contributed by atoms with van der Waals surface area (Å²) in [5, 5.41) is 6.66. The van der Waals surface area contributed by atoms with Crippen LogP contribution in [0.5, 0.6) is 0 Å². The van der Waals surface area contributed by atoms with Gasteiger partial charge in [-0.2, -0.15) is 0 Å². The molecule has 1 atom stereocenters. The van der Waals surface area contributed by atoms with Crippen LogP contribution in [0.25, 0.3) is 0 Å². The van der Waals surface area contributed by atoms with Gasteiger partial charge in [-0.05, 0) is 31.7 Å². The van der Waals surface area contributed by atoms with Crippen molar-refractivity contribution in [3.05, 3.63) is 28.8 Å². The van der Waals surface area contributed by atoms with Gasteiger partial charge in [-0.1, -0.05) is 17.7 Å². The largest absolute Gasteiger partial charge is 0.356 e. The summed E-state index contributed by atoms with van der Waals surface area (Å²) in [5.41, 5.74) is 2.17. The predicted octanol–water partition coefficient (Wildman–Crippen LogP) is 1.17. The normalized spacial score (nSPS) is 19.8. The highest BCUT2D eigenvalue weighted by molar-refractivity contribution is 6.30. The lowest BCUT2D eigenvalue weighted by molar-refractivity contribution is -0.123. The van der Waals surface area contributed by atoms with Gasteiger partial charge in [0.2, 0.25) is 5.91 Å². The number of carbonyl (C=O) groups is 1. The van der Waals surface area contributed by atoms with Crippen molar-refractivity contribution in [1.82, 2.24) is 10.6 Å². The van der Waals surface area contributed by atoms with Crippen LogP contribution in [-0.2, 0) is 4.79 Å². The van der Waals surface area contributed by atoms with Crippen molar-refractivity contribution in [2.75, 3.05) is 31.6 Å². The number of benzene rings is 1. The molecule has 0 aliphatic carbocycles. The number of hydrogen-bond donors (Lipinski definition) is 2. The van der Waals surface area contributed by atoms with Crippen molar-refractivity contribution in [1.29, 1.82) is 0 Å². The first-order chi connectivity index (χ1) is 8.63. The Kier molecular flexibility index (Phi) is 4.09. The minimum Gasteiger partial charge on any atom is -0.356 e. The minimum absolute atomic E-state index is 0.0648. The van der Waals surface area contributed by atoms with Gasteiger partial charge >= 0.3 is 0 Å². The van der Waals surface area contributed by atoms with Gasteiger partial charge in [0.1, 0.15) is 6.04 Å². The summed E-state index contributed by atoms with van der Waals surface area (Å²) < 4.78 is 0. The summed E-state index contributed by atoms with van der Waals surface area (Å²) in [5.74, 6) is 0.0648. The van der Waals surface area contributed by atoms with Crippen LogP contribution in [0.2, 0.25) is 5.02 Å². The zero-order valence-corrected chi connectivity index (χ0v) is 11.4. The molecule has 0 aromatic heterocycles. The fourth-order valence-electron chi connectivity index (χ4n) is 2.29. The van der Waals surface area contributed by atoms with Crippen molar-refractivity contribution in [2.24, 2.45) is 0 Å². The van der Waals surface area contributed by atoms with Gasteiger partial charge in [-0.3, -0.25) is 4.79 Å². The molecular weight excluding hydrogens is 250 g/mol. The SMILES string of the molecule is CNCC1C(=O)NCCN1c1cc(Cl)ccc1C. The minimum atomic E-state index is -0.180. The molecule has 2 N–H and O–H groups in total. The van der Waals surface area contributed by atoms with E-state index in [2.05, 4.69) is 15.5 Å². The van der Waals surface area contributed by atoms with Gasteiger partial charge in [0.25, 0.3) is 0 Å². The molecule has 1 fully saturated rings. The molecule has 1 saturated heterocycles. The molecule has 0 spiro atoms. The highest BCUT2D eigenvalue weighted by atomic mass is 35.5. The van der Waals surface area contributed by atoms with Crippen LogP contribution in [0.1, 0.15) is 5.56 Å². The lowest BCUT2D eigenvalue weighted by atomic mass is 10.1. The molecule has 4 nitrogen and oxygen atoms in total. The van der Waals surface area contributed by atoms with Gasteiger partial charge in [0.15, 0.2) is 0 Å². The second-order valence-corrected chi connectivity index (χ2v) is 4.93. The molecule has 0 saturated carbocycles. The third kappa shape index (κ3) is 2.60. The average Bonchev–Trinajstić information content (AvgIpc) is 2.35. The average molecular weight is 268 g/mol. The number of nitrogens with one attached hydrogen (secondary N) is 2. The summed E-state index contributed by atoms with van der Waals surface area (Å²) in [4.78, 5) is 14.1. The number of carbonyl (C=O) groups excluding carboxylic acids is 1. The third-order valence-corrected chi connectivity index (χ3v) is 3.44. The van der Waals surface area contributed by atoms with Gasteiger partial charge in [0, 0.05) is 30.3 Å². The van der Waals surface area contributed by atoms with Crippen molar-refractivity contribution in [3.63, 3.8) is 0 Å². The van der Waals surface area contributed by atoms with E-state index in [9.17, 15) is 4.79 Å². The maximum atomic E-state index is 11.9. The Labute approximate surface area is 112 Å². The smallest absolute Gasteiger partial charge is 0.244 e. The number of rotatable bonds is 3. The first-order valence-electron chi connectivity index (χ1n) is 6.08. The molecule has 1 aromatic rings. The van der Waals surface area contributed by atoms with E-state index < -0.39 is 0 Å². The maximum Gasteiger partial charge on any atom is 0.244 e. The summed E-state index contributed by atoms with van der Waals surface area (Å²) in [6.45, 7) is 4.14. The van der Waals surface area contributed by atoms with E-state index in [1.807, 2.05) is 32.2 Å². The van der Waals surface area contributed by atoms with Crippen molar-refractivity contribution in [2.45, 2.75) is 13.0 Å². The molecule has 18 heavy (non-hydrogen) atoms. The number of amides is 1. The zero-order valence-electron chi connectivity index (χ0n) is 10.7. The molecule has 1 aromatic carbocycles. The highest BCUT2D eigenvalue weighted by Gasteiger charge is 2.29. The molecule has 0 radical (unpaired) electrons. The molecule has 1 amide bonds. The van der Waals surface area contributed by atoms with E-state index >= 15 is 0 Å². The van der Waals surface area contributed by atoms with E-state index in [0.717, 1.165) is 17.8 Å². The molecule has 5 heteroatoms. The second kappa shape index (κ2) is 5.59. The van der Waals surface area contributed by atoms with Crippen LogP contribution in [0.3, 0.4) is 0 Å². The van der Waals surface area contributed by atoms with E-state index in [0.29, 0.717) is 18.1 Å². The van der Waals surface area contributed by atoms with Crippen LogP contribution in [0, 0.1) is 6.92 Å². The summed E-state index contributed by atoms with van der Waals surface area (Å²) >= 11 is 6.05. The van der Waals surface area contributed by atoms with E-state index in [-0.39, 0.29) is 11.9 Å². The Bertz CT molecular complexity index is 450. The number of halogens is 1. The van der Waals surface area contributed by atoms with Crippen LogP contribution < -0.4 is 15.5 Å². The first-order valence-corrected chi connectivity index (χ1v) is 6.46. The Hall–Kier alpha value is -1.26. The first kappa shape index (κ1) is 13.2.